The Labute approximate surface area is 115 Å². The number of methoxy groups -OCH3 is 1. The lowest BCUT2D eigenvalue weighted by Crippen LogP contribution is -2.40. The number of nitrogens with one attached hydrogen (secondary N) is 2. The first-order valence-corrected chi connectivity index (χ1v) is 5.88. The largest absolute Gasteiger partial charge is 0.494 e. The van der Waals surface area contributed by atoms with Crippen LogP contribution in [0.3, 0.4) is 0 Å². The number of carboxylic acid groups (broad SMARTS) is 1. The summed E-state index contributed by atoms with van der Waals surface area (Å²) >= 11 is 0. The van der Waals surface area contributed by atoms with Crippen LogP contribution in [-0.4, -0.2) is 30.8 Å². The molecule has 20 heavy (non-hydrogen) atoms. The summed E-state index contributed by atoms with van der Waals surface area (Å²) < 4.78 is 18.2. The number of hydrogen-bond acceptors (Lipinski definition) is 3. The predicted octanol–water partition coefficient (Wildman–Crippen LogP) is 2.07. The second kappa shape index (κ2) is 6.23. The maximum atomic E-state index is 13.4. The van der Waals surface area contributed by atoms with Gasteiger partial charge in [0.05, 0.1) is 12.5 Å². The minimum absolute atomic E-state index is 0.0488. The van der Waals surface area contributed by atoms with Crippen molar-refractivity contribution in [2.75, 3.05) is 19.0 Å². The van der Waals surface area contributed by atoms with E-state index in [1.165, 1.54) is 33.1 Å². The number of carbonyl (C=O) groups excluding carboxylic acids is 1. The van der Waals surface area contributed by atoms with Gasteiger partial charge in [-0.3, -0.25) is 4.79 Å². The van der Waals surface area contributed by atoms with E-state index in [4.69, 9.17) is 9.84 Å². The van der Waals surface area contributed by atoms with E-state index in [-0.39, 0.29) is 18.0 Å². The first kappa shape index (κ1) is 15.7. The fraction of sp³-hybridized carbons (Fsp3) is 0.385. The van der Waals surface area contributed by atoms with Crippen LogP contribution >= 0.6 is 0 Å². The summed E-state index contributed by atoms with van der Waals surface area (Å²) in [5.74, 6) is -1.55. The average molecular weight is 284 g/mol. The van der Waals surface area contributed by atoms with Crippen molar-refractivity contribution in [1.29, 1.82) is 0 Å². The number of ether oxygens (including phenoxy) is 1. The first-order valence-electron chi connectivity index (χ1n) is 5.88. The van der Waals surface area contributed by atoms with E-state index in [0.29, 0.717) is 0 Å². The number of rotatable bonds is 5. The third-order valence-electron chi connectivity index (χ3n) is 2.68. The minimum Gasteiger partial charge on any atom is -0.494 e. The molecule has 0 aromatic heterocycles. The van der Waals surface area contributed by atoms with Gasteiger partial charge in [0.25, 0.3) is 0 Å². The number of amides is 2. The van der Waals surface area contributed by atoms with Crippen molar-refractivity contribution in [1.82, 2.24) is 5.32 Å². The maximum absolute atomic E-state index is 13.4. The summed E-state index contributed by atoms with van der Waals surface area (Å²) in [5.41, 5.74) is -0.836. The van der Waals surface area contributed by atoms with Crippen LogP contribution < -0.4 is 15.4 Å². The predicted molar refractivity (Wildman–Crippen MR) is 71.4 cm³/mol. The molecule has 0 bridgehead atoms. The molecule has 0 aliphatic rings. The molecule has 1 rings (SSSR count). The van der Waals surface area contributed by atoms with Gasteiger partial charge in [-0.15, -0.1) is 0 Å². The Morgan fingerprint density at radius 1 is 1.40 bits per heavy atom. The van der Waals surface area contributed by atoms with Gasteiger partial charge in [0, 0.05) is 18.3 Å². The van der Waals surface area contributed by atoms with E-state index < -0.39 is 23.2 Å². The maximum Gasteiger partial charge on any atom is 0.319 e. The summed E-state index contributed by atoms with van der Waals surface area (Å²) in [7, 11) is 1.34. The van der Waals surface area contributed by atoms with Gasteiger partial charge in [0.15, 0.2) is 11.6 Å². The molecule has 0 aliphatic carbocycles. The number of anilines is 1. The molecule has 0 heterocycles. The third kappa shape index (κ3) is 4.11. The van der Waals surface area contributed by atoms with Gasteiger partial charge >= 0.3 is 12.0 Å². The van der Waals surface area contributed by atoms with Crippen LogP contribution in [0.4, 0.5) is 14.9 Å². The van der Waals surface area contributed by atoms with Crippen molar-refractivity contribution in [3.63, 3.8) is 0 Å². The Balaban J connectivity index is 2.59. The van der Waals surface area contributed by atoms with Gasteiger partial charge in [-0.1, -0.05) is 0 Å². The van der Waals surface area contributed by atoms with E-state index in [9.17, 15) is 14.0 Å². The quantitative estimate of drug-likeness (QED) is 0.772. The molecule has 0 saturated heterocycles. The van der Waals surface area contributed by atoms with Crippen molar-refractivity contribution < 1.29 is 23.8 Å². The summed E-state index contributed by atoms with van der Waals surface area (Å²) in [6, 6.07) is 3.36. The highest BCUT2D eigenvalue weighted by Gasteiger charge is 2.27. The Hall–Kier alpha value is -2.31. The van der Waals surface area contributed by atoms with Gasteiger partial charge in [0.2, 0.25) is 0 Å². The summed E-state index contributed by atoms with van der Waals surface area (Å²) in [6.45, 7) is 2.93. The van der Waals surface area contributed by atoms with E-state index >= 15 is 0 Å². The molecular formula is C13H17FN2O4. The van der Waals surface area contributed by atoms with Crippen molar-refractivity contribution >= 4 is 17.7 Å². The van der Waals surface area contributed by atoms with Crippen LogP contribution in [0.2, 0.25) is 0 Å². The van der Waals surface area contributed by atoms with Crippen LogP contribution in [-0.2, 0) is 4.79 Å². The lowest BCUT2D eigenvalue weighted by atomic mass is 9.94. The number of halogens is 1. The average Bonchev–Trinajstić information content (AvgIpc) is 2.36. The molecule has 0 radical (unpaired) electrons. The van der Waals surface area contributed by atoms with Crippen LogP contribution in [0.25, 0.3) is 0 Å². The zero-order valence-corrected chi connectivity index (χ0v) is 11.5. The molecule has 0 saturated carbocycles. The number of carboxylic acids is 1. The summed E-state index contributed by atoms with van der Waals surface area (Å²) in [6.07, 6.45) is 0. The number of urea groups is 1. The molecule has 1 aromatic rings. The molecule has 0 aliphatic heterocycles. The van der Waals surface area contributed by atoms with Crippen LogP contribution in [0.5, 0.6) is 5.75 Å². The second-order valence-corrected chi connectivity index (χ2v) is 4.85. The molecule has 0 atom stereocenters. The van der Waals surface area contributed by atoms with Crippen molar-refractivity contribution in [2.24, 2.45) is 5.41 Å². The molecule has 0 fully saturated rings. The van der Waals surface area contributed by atoms with Gasteiger partial charge < -0.3 is 20.5 Å². The topological polar surface area (TPSA) is 87.7 Å². The summed E-state index contributed by atoms with van der Waals surface area (Å²) in [4.78, 5) is 22.5. The highest BCUT2D eigenvalue weighted by atomic mass is 19.1. The van der Waals surface area contributed by atoms with Crippen molar-refractivity contribution in [3.8, 4) is 5.75 Å². The van der Waals surface area contributed by atoms with E-state index in [0.717, 1.165) is 6.07 Å². The van der Waals surface area contributed by atoms with Crippen LogP contribution in [0.1, 0.15) is 13.8 Å². The van der Waals surface area contributed by atoms with Gasteiger partial charge in [-0.25, -0.2) is 9.18 Å². The Morgan fingerprint density at radius 3 is 2.55 bits per heavy atom. The monoisotopic (exact) mass is 284 g/mol. The molecule has 6 nitrogen and oxygen atoms in total. The SMILES string of the molecule is COc1ccc(NC(=O)NCC(C)(C)C(=O)O)cc1F. The lowest BCUT2D eigenvalue weighted by Gasteiger charge is -2.19. The Bertz CT molecular complexity index is 517. The minimum atomic E-state index is -1.08. The van der Waals surface area contributed by atoms with Crippen molar-refractivity contribution in [2.45, 2.75) is 13.8 Å². The van der Waals surface area contributed by atoms with E-state index in [1.54, 1.807) is 0 Å². The molecule has 7 heteroatoms. The highest BCUT2D eigenvalue weighted by Crippen LogP contribution is 2.20. The van der Waals surface area contributed by atoms with E-state index in [2.05, 4.69) is 10.6 Å². The second-order valence-electron chi connectivity index (χ2n) is 4.85. The van der Waals surface area contributed by atoms with Crippen LogP contribution in [0, 0.1) is 11.2 Å². The highest BCUT2D eigenvalue weighted by molar-refractivity contribution is 5.89. The Kier molecular flexibility index (Phi) is 4.90. The summed E-state index contributed by atoms with van der Waals surface area (Å²) in [5, 5.41) is 13.7. The zero-order chi connectivity index (χ0) is 15.3. The molecule has 110 valence electrons. The van der Waals surface area contributed by atoms with Gasteiger partial charge in [0.1, 0.15) is 0 Å². The molecule has 3 N–H and O–H groups in total. The smallest absolute Gasteiger partial charge is 0.319 e. The fourth-order valence-corrected chi connectivity index (χ4v) is 1.30. The number of hydrogen-bond donors (Lipinski definition) is 3. The zero-order valence-electron chi connectivity index (χ0n) is 11.5. The molecule has 1 aromatic carbocycles. The fourth-order valence-electron chi connectivity index (χ4n) is 1.30. The first-order chi connectivity index (χ1) is 9.26. The number of benzene rings is 1. The molecule has 2 amide bonds. The van der Waals surface area contributed by atoms with Gasteiger partial charge in [-0.05, 0) is 26.0 Å². The molecular weight excluding hydrogens is 267 g/mol. The van der Waals surface area contributed by atoms with Gasteiger partial charge in [-0.2, -0.15) is 0 Å². The normalized spacial score (nSPS) is 10.8. The van der Waals surface area contributed by atoms with E-state index in [1.807, 2.05) is 0 Å². The number of carbonyl (C=O) groups is 2. The number of aliphatic carboxylic acids is 1. The molecule has 0 unspecified atom stereocenters. The Morgan fingerprint density at radius 2 is 2.05 bits per heavy atom. The van der Waals surface area contributed by atoms with Crippen LogP contribution in [0.15, 0.2) is 18.2 Å². The lowest BCUT2D eigenvalue weighted by molar-refractivity contribution is -0.146. The third-order valence-corrected chi connectivity index (χ3v) is 2.68. The standard InChI is InChI=1S/C13H17FN2O4/c1-13(2,11(17)18)7-15-12(19)16-8-4-5-10(20-3)9(14)6-8/h4-6H,7H2,1-3H3,(H,17,18)(H2,15,16,19). The van der Waals surface area contributed by atoms with Crippen molar-refractivity contribution in [3.05, 3.63) is 24.0 Å². The molecule has 0 spiro atoms.